The first kappa shape index (κ1) is 19.2. The minimum Gasteiger partial charge on any atom is -0.456 e. The third-order valence-corrected chi connectivity index (χ3v) is 5.16. The number of ether oxygens (including phenoxy) is 1. The molecule has 1 aromatic rings. The molecule has 0 bridgehead atoms. The molecule has 128 valence electrons. The number of amides is 1. The first-order valence-corrected chi connectivity index (χ1v) is 9.18. The predicted octanol–water partition coefficient (Wildman–Crippen LogP) is 1.57. The van der Waals surface area contributed by atoms with Crippen LogP contribution in [0.2, 0.25) is 0 Å². The Bertz CT molecular complexity index is 633. The van der Waals surface area contributed by atoms with Gasteiger partial charge in [-0.3, -0.25) is 9.59 Å². The lowest BCUT2D eigenvalue weighted by molar-refractivity contribution is -0.151. The number of hydrogen-bond acceptors (Lipinski definition) is 5. The Morgan fingerprint density at radius 2 is 1.65 bits per heavy atom. The molecular weight excluding hydrogens is 318 g/mol. The minimum atomic E-state index is -3.53. The molecule has 0 aliphatic heterocycles. The van der Waals surface area contributed by atoms with Gasteiger partial charge < -0.3 is 9.64 Å². The SMILES string of the molecule is CCN(CC)C(=O)COC(=O)CCS(=O)(=O)c1ccc(C)cc1. The lowest BCUT2D eigenvalue weighted by Gasteiger charge is -2.18. The van der Waals surface area contributed by atoms with Crippen molar-refractivity contribution >= 4 is 21.7 Å². The van der Waals surface area contributed by atoms with Crippen LogP contribution in [0.3, 0.4) is 0 Å². The van der Waals surface area contributed by atoms with Crippen LogP contribution in [-0.2, 0) is 24.2 Å². The fourth-order valence-electron chi connectivity index (χ4n) is 1.96. The molecule has 0 radical (unpaired) electrons. The summed E-state index contributed by atoms with van der Waals surface area (Å²) in [6.07, 6.45) is -0.276. The van der Waals surface area contributed by atoms with Crippen molar-refractivity contribution in [3.63, 3.8) is 0 Å². The number of benzene rings is 1. The summed E-state index contributed by atoms with van der Waals surface area (Å²) < 4.78 is 29.1. The molecular formula is C16H23NO5S. The van der Waals surface area contributed by atoms with E-state index < -0.39 is 15.8 Å². The van der Waals surface area contributed by atoms with Crippen molar-refractivity contribution in [3.05, 3.63) is 29.8 Å². The van der Waals surface area contributed by atoms with Gasteiger partial charge in [-0.15, -0.1) is 0 Å². The predicted molar refractivity (Wildman–Crippen MR) is 86.7 cm³/mol. The molecule has 23 heavy (non-hydrogen) atoms. The van der Waals surface area contributed by atoms with E-state index in [0.717, 1.165) is 5.56 Å². The van der Waals surface area contributed by atoms with E-state index in [4.69, 9.17) is 4.74 Å². The van der Waals surface area contributed by atoms with Gasteiger partial charge in [-0.2, -0.15) is 0 Å². The molecule has 1 aromatic carbocycles. The lowest BCUT2D eigenvalue weighted by Crippen LogP contribution is -2.34. The van der Waals surface area contributed by atoms with Crippen LogP contribution in [-0.4, -0.2) is 50.6 Å². The lowest BCUT2D eigenvalue weighted by atomic mass is 10.2. The summed E-state index contributed by atoms with van der Waals surface area (Å²) in [7, 11) is -3.53. The quantitative estimate of drug-likeness (QED) is 0.671. The van der Waals surface area contributed by atoms with Crippen LogP contribution < -0.4 is 0 Å². The summed E-state index contributed by atoms with van der Waals surface area (Å²) in [4.78, 5) is 25.0. The molecule has 0 aliphatic carbocycles. The van der Waals surface area contributed by atoms with Crippen molar-refractivity contribution in [2.45, 2.75) is 32.1 Å². The molecule has 0 atom stereocenters. The zero-order chi connectivity index (χ0) is 17.5. The number of rotatable bonds is 8. The van der Waals surface area contributed by atoms with Crippen LogP contribution in [0.25, 0.3) is 0 Å². The van der Waals surface area contributed by atoms with Gasteiger partial charge in [0.05, 0.1) is 17.1 Å². The Balaban J connectivity index is 2.49. The van der Waals surface area contributed by atoms with Crippen LogP contribution in [0.1, 0.15) is 25.8 Å². The molecule has 0 aromatic heterocycles. The second kappa shape index (κ2) is 8.67. The fourth-order valence-corrected chi connectivity index (χ4v) is 3.19. The highest BCUT2D eigenvalue weighted by Gasteiger charge is 2.18. The number of likely N-dealkylation sites (N-methyl/N-ethyl adjacent to an activating group) is 1. The Labute approximate surface area is 137 Å². The van der Waals surface area contributed by atoms with Gasteiger partial charge in [-0.25, -0.2) is 8.42 Å². The van der Waals surface area contributed by atoms with E-state index in [-0.39, 0.29) is 29.6 Å². The van der Waals surface area contributed by atoms with Gasteiger partial charge in [-0.05, 0) is 32.9 Å². The molecule has 1 amide bonds. The highest BCUT2D eigenvalue weighted by Crippen LogP contribution is 2.13. The third-order valence-electron chi connectivity index (χ3n) is 3.43. The van der Waals surface area contributed by atoms with Crippen molar-refractivity contribution in [1.82, 2.24) is 4.90 Å². The minimum absolute atomic E-state index is 0.176. The molecule has 0 aliphatic rings. The van der Waals surface area contributed by atoms with Crippen molar-refractivity contribution in [2.75, 3.05) is 25.4 Å². The van der Waals surface area contributed by atoms with Gasteiger partial charge in [0.1, 0.15) is 0 Å². The van der Waals surface area contributed by atoms with E-state index >= 15 is 0 Å². The summed E-state index contributed by atoms with van der Waals surface area (Å²) in [5.74, 6) is -1.32. The van der Waals surface area contributed by atoms with E-state index in [1.165, 1.54) is 17.0 Å². The zero-order valence-electron chi connectivity index (χ0n) is 13.7. The fraction of sp³-hybridized carbons (Fsp3) is 0.500. The Kier molecular flexibility index (Phi) is 7.22. The third kappa shape index (κ3) is 6.02. The van der Waals surface area contributed by atoms with E-state index in [9.17, 15) is 18.0 Å². The van der Waals surface area contributed by atoms with Crippen LogP contribution in [0.4, 0.5) is 0 Å². The number of aryl methyl sites for hydroxylation is 1. The topological polar surface area (TPSA) is 80.8 Å². The molecule has 0 spiro atoms. The van der Waals surface area contributed by atoms with E-state index in [2.05, 4.69) is 0 Å². The maximum atomic E-state index is 12.1. The second-order valence-corrected chi connectivity index (χ2v) is 7.22. The van der Waals surface area contributed by atoms with Gasteiger partial charge in [0.2, 0.25) is 0 Å². The second-order valence-electron chi connectivity index (χ2n) is 5.11. The molecule has 0 heterocycles. The maximum absolute atomic E-state index is 12.1. The molecule has 0 saturated carbocycles. The monoisotopic (exact) mass is 341 g/mol. The molecule has 7 heteroatoms. The number of sulfone groups is 1. The molecule has 6 nitrogen and oxygen atoms in total. The van der Waals surface area contributed by atoms with Gasteiger partial charge in [-0.1, -0.05) is 17.7 Å². The highest BCUT2D eigenvalue weighted by atomic mass is 32.2. The molecule has 0 unspecified atom stereocenters. The van der Waals surface area contributed by atoms with Crippen LogP contribution in [0.15, 0.2) is 29.2 Å². The Morgan fingerprint density at radius 3 is 2.17 bits per heavy atom. The Hall–Kier alpha value is -1.89. The summed E-state index contributed by atoms with van der Waals surface area (Å²) in [6.45, 7) is 6.24. The average molecular weight is 341 g/mol. The Morgan fingerprint density at radius 1 is 1.09 bits per heavy atom. The van der Waals surface area contributed by atoms with Crippen LogP contribution in [0, 0.1) is 6.92 Å². The summed E-state index contributed by atoms with van der Waals surface area (Å²) >= 11 is 0. The van der Waals surface area contributed by atoms with Gasteiger partial charge in [0.25, 0.3) is 5.91 Å². The van der Waals surface area contributed by atoms with Gasteiger partial charge >= 0.3 is 5.97 Å². The summed E-state index contributed by atoms with van der Waals surface area (Å²) in [5.41, 5.74) is 0.957. The average Bonchev–Trinajstić information content (AvgIpc) is 2.52. The number of carbonyl (C=O) groups excluding carboxylic acids is 2. The molecule has 0 fully saturated rings. The number of nitrogens with zero attached hydrogens (tertiary/aromatic N) is 1. The molecule has 0 saturated heterocycles. The van der Waals surface area contributed by atoms with Crippen molar-refractivity contribution < 1.29 is 22.7 Å². The number of carbonyl (C=O) groups is 2. The molecule has 0 N–H and O–H groups in total. The van der Waals surface area contributed by atoms with Crippen molar-refractivity contribution in [1.29, 1.82) is 0 Å². The van der Waals surface area contributed by atoms with Crippen molar-refractivity contribution in [3.8, 4) is 0 Å². The summed E-state index contributed by atoms with van der Waals surface area (Å²) in [5, 5.41) is 0. The first-order valence-electron chi connectivity index (χ1n) is 7.53. The van der Waals surface area contributed by atoms with Crippen LogP contribution >= 0.6 is 0 Å². The van der Waals surface area contributed by atoms with Gasteiger partial charge in [0, 0.05) is 13.1 Å². The van der Waals surface area contributed by atoms with Gasteiger partial charge in [0.15, 0.2) is 16.4 Å². The van der Waals surface area contributed by atoms with Crippen molar-refractivity contribution in [2.24, 2.45) is 0 Å². The maximum Gasteiger partial charge on any atom is 0.307 e. The normalized spacial score (nSPS) is 11.1. The zero-order valence-corrected chi connectivity index (χ0v) is 14.6. The summed E-state index contributed by atoms with van der Waals surface area (Å²) in [6, 6.07) is 6.43. The number of esters is 1. The highest BCUT2D eigenvalue weighted by molar-refractivity contribution is 7.91. The van der Waals surface area contributed by atoms with E-state index in [0.29, 0.717) is 13.1 Å². The first-order chi connectivity index (χ1) is 10.8. The van der Waals surface area contributed by atoms with E-state index in [1.54, 1.807) is 12.1 Å². The number of hydrogen-bond donors (Lipinski definition) is 0. The molecule has 1 rings (SSSR count). The van der Waals surface area contributed by atoms with Crippen LogP contribution in [0.5, 0.6) is 0 Å². The van der Waals surface area contributed by atoms with E-state index in [1.807, 2.05) is 20.8 Å². The smallest absolute Gasteiger partial charge is 0.307 e. The largest absolute Gasteiger partial charge is 0.456 e. The standard InChI is InChI=1S/C16H23NO5S/c1-4-17(5-2)15(18)12-22-16(19)10-11-23(20,21)14-8-6-13(3)7-9-14/h6-9H,4-5,10-12H2,1-3H3.